The average molecular weight is 202 g/mol. The highest BCUT2D eigenvalue weighted by Crippen LogP contribution is 2.12. The Morgan fingerprint density at radius 2 is 1.36 bits per heavy atom. The molecule has 0 amide bonds. The molecule has 4 heteroatoms. The van der Waals surface area contributed by atoms with Gasteiger partial charge < -0.3 is 9.47 Å². The third-order valence-corrected chi connectivity index (χ3v) is 1.81. The van der Waals surface area contributed by atoms with E-state index in [-0.39, 0.29) is 11.6 Å². The van der Waals surface area contributed by atoms with E-state index in [1.54, 1.807) is 13.8 Å². The standard InChI is InChI=1S/C10H18O4/c1-5-13-10(14-6-2)9(7(3)11)8(4)12/h9-10H,5-6H2,1-4H3. The molecule has 0 aliphatic heterocycles. The minimum Gasteiger partial charge on any atom is -0.352 e. The van der Waals surface area contributed by atoms with Crippen LogP contribution in [-0.4, -0.2) is 31.1 Å². The van der Waals surface area contributed by atoms with Gasteiger partial charge in [-0.2, -0.15) is 0 Å². The third-order valence-electron chi connectivity index (χ3n) is 1.81. The van der Waals surface area contributed by atoms with Crippen molar-refractivity contribution in [1.29, 1.82) is 0 Å². The fourth-order valence-electron chi connectivity index (χ4n) is 1.24. The topological polar surface area (TPSA) is 52.6 Å². The summed E-state index contributed by atoms with van der Waals surface area (Å²) in [5.41, 5.74) is 0. The summed E-state index contributed by atoms with van der Waals surface area (Å²) in [4.78, 5) is 22.4. The summed E-state index contributed by atoms with van der Waals surface area (Å²) in [6.07, 6.45) is -0.736. The van der Waals surface area contributed by atoms with E-state index in [0.717, 1.165) is 0 Å². The lowest BCUT2D eigenvalue weighted by Gasteiger charge is -2.22. The first-order valence-electron chi connectivity index (χ1n) is 4.78. The molecular weight excluding hydrogens is 184 g/mol. The fraction of sp³-hybridized carbons (Fsp3) is 0.800. The van der Waals surface area contributed by atoms with Gasteiger partial charge in [-0.15, -0.1) is 0 Å². The summed E-state index contributed by atoms with van der Waals surface area (Å²) < 4.78 is 10.4. The van der Waals surface area contributed by atoms with Crippen molar-refractivity contribution in [3.63, 3.8) is 0 Å². The van der Waals surface area contributed by atoms with Crippen LogP contribution in [0.25, 0.3) is 0 Å². The lowest BCUT2D eigenvalue weighted by Crippen LogP contribution is -2.36. The Balaban J connectivity index is 4.54. The van der Waals surface area contributed by atoms with Gasteiger partial charge in [0.2, 0.25) is 0 Å². The lowest BCUT2D eigenvalue weighted by atomic mass is 10.0. The molecule has 0 aromatic heterocycles. The number of hydrogen-bond donors (Lipinski definition) is 0. The quantitative estimate of drug-likeness (QED) is 0.459. The second kappa shape index (κ2) is 6.68. The summed E-state index contributed by atoms with van der Waals surface area (Å²) >= 11 is 0. The zero-order valence-electron chi connectivity index (χ0n) is 9.20. The van der Waals surface area contributed by atoms with Gasteiger partial charge in [-0.1, -0.05) is 0 Å². The van der Waals surface area contributed by atoms with E-state index in [2.05, 4.69) is 0 Å². The number of carbonyl (C=O) groups is 2. The van der Waals surface area contributed by atoms with Crippen LogP contribution in [0.4, 0.5) is 0 Å². The summed E-state index contributed by atoms with van der Waals surface area (Å²) in [7, 11) is 0. The number of Topliss-reactive ketones (excluding diaryl/α,β-unsaturated/α-hetero) is 2. The fourth-order valence-corrected chi connectivity index (χ4v) is 1.24. The Kier molecular flexibility index (Phi) is 6.32. The molecule has 0 aromatic carbocycles. The molecule has 0 rings (SSSR count). The highest BCUT2D eigenvalue weighted by atomic mass is 16.7. The van der Waals surface area contributed by atoms with Gasteiger partial charge in [0.25, 0.3) is 0 Å². The largest absolute Gasteiger partial charge is 0.352 e. The van der Waals surface area contributed by atoms with Crippen molar-refractivity contribution in [1.82, 2.24) is 0 Å². The SMILES string of the molecule is CCOC(OCC)C(C(C)=O)C(C)=O. The summed E-state index contributed by atoms with van der Waals surface area (Å²) in [6, 6.07) is 0. The molecule has 0 saturated heterocycles. The molecule has 4 nitrogen and oxygen atoms in total. The molecule has 0 heterocycles. The smallest absolute Gasteiger partial charge is 0.174 e. The van der Waals surface area contributed by atoms with Gasteiger partial charge >= 0.3 is 0 Å². The zero-order valence-corrected chi connectivity index (χ0v) is 9.20. The maximum Gasteiger partial charge on any atom is 0.174 e. The number of hydrogen-bond acceptors (Lipinski definition) is 4. The van der Waals surface area contributed by atoms with Crippen molar-refractivity contribution in [3.05, 3.63) is 0 Å². The van der Waals surface area contributed by atoms with Gasteiger partial charge in [0.05, 0.1) is 0 Å². The molecule has 0 unspecified atom stereocenters. The second-order valence-electron chi connectivity index (χ2n) is 2.98. The van der Waals surface area contributed by atoms with Crippen LogP contribution in [0.2, 0.25) is 0 Å². The minimum absolute atomic E-state index is 0.218. The van der Waals surface area contributed by atoms with Gasteiger partial charge in [0, 0.05) is 13.2 Å². The summed E-state index contributed by atoms with van der Waals surface area (Å²) in [6.45, 7) is 7.17. The summed E-state index contributed by atoms with van der Waals surface area (Å²) in [5, 5.41) is 0. The van der Waals surface area contributed by atoms with E-state index in [1.165, 1.54) is 13.8 Å². The van der Waals surface area contributed by atoms with Crippen LogP contribution in [-0.2, 0) is 19.1 Å². The average Bonchev–Trinajstić information content (AvgIpc) is 2.03. The second-order valence-corrected chi connectivity index (χ2v) is 2.98. The molecule has 0 aliphatic carbocycles. The van der Waals surface area contributed by atoms with Crippen molar-refractivity contribution in [2.24, 2.45) is 5.92 Å². The maximum atomic E-state index is 11.2. The molecule has 0 fully saturated rings. The molecule has 14 heavy (non-hydrogen) atoms. The van der Waals surface area contributed by atoms with E-state index < -0.39 is 12.2 Å². The van der Waals surface area contributed by atoms with Crippen LogP contribution in [0.5, 0.6) is 0 Å². The predicted octanol–water partition coefficient (Wildman–Crippen LogP) is 1.18. The zero-order chi connectivity index (χ0) is 11.1. The summed E-state index contributed by atoms with van der Waals surface area (Å²) in [5.74, 6) is -1.23. The van der Waals surface area contributed by atoms with Gasteiger partial charge in [0.15, 0.2) is 6.29 Å². The highest BCUT2D eigenvalue weighted by molar-refractivity contribution is 6.00. The molecule has 0 radical (unpaired) electrons. The molecule has 0 aromatic rings. The predicted molar refractivity (Wildman–Crippen MR) is 51.9 cm³/mol. The van der Waals surface area contributed by atoms with E-state index in [0.29, 0.717) is 13.2 Å². The minimum atomic E-state index is -0.796. The van der Waals surface area contributed by atoms with Crippen molar-refractivity contribution in [2.75, 3.05) is 13.2 Å². The van der Waals surface area contributed by atoms with Crippen LogP contribution < -0.4 is 0 Å². The van der Waals surface area contributed by atoms with Crippen molar-refractivity contribution in [3.8, 4) is 0 Å². The molecule has 0 spiro atoms. The Hall–Kier alpha value is -0.740. The Morgan fingerprint density at radius 1 is 1.00 bits per heavy atom. The van der Waals surface area contributed by atoms with E-state index in [4.69, 9.17) is 9.47 Å². The monoisotopic (exact) mass is 202 g/mol. The normalized spacial score (nSPS) is 11.0. The van der Waals surface area contributed by atoms with Gasteiger partial charge in [-0.3, -0.25) is 9.59 Å². The van der Waals surface area contributed by atoms with Crippen LogP contribution in [0.15, 0.2) is 0 Å². The van der Waals surface area contributed by atoms with Gasteiger partial charge in [-0.05, 0) is 27.7 Å². The molecule has 0 bridgehead atoms. The Morgan fingerprint density at radius 3 is 1.57 bits per heavy atom. The Labute approximate surface area is 84.6 Å². The first kappa shape index (κ1) is 13.3. The third kappa shape index (κ3) is 3.98. The number of carbonyl (C=O) groups excluding carboxylic acids is 2. The van der Waals surface area contributed by atoms with Crippen LogP contribution in [0.1, 0.15) is 27.7 Å². The van der Waals surface area contributed by atoms with Gasteiger partial charge in [0.1, 0.15) is 17.5 Å². The van der Waals surface area contributed by atoms with Crippen molar-refractivity contribution in [2.45, 2.75) is 34.0 Å². The number of ketones is 2. The first-order chi connectivity index (χ1) is 6.54. The lowest BCUT2D eigenvalue weighted by molar-refractivity contribution is -0.177. The van der Waals surface area contributed by atoms with E-state index in [9.17, 15) is 9.59 Å². The van der Waals surface area contributed by atoms with Gasteiger partial charge in [-0.25, -0.2) is 0 Å². The van der Waals surface area contributed by atoms with E-state index in [1.807, 2.05) is 0 Å². The number of rotatable bonds is 7. The molecule has 0 saturated carbocycles. The maximum absolute atomic E-state index is 11.2. The molecule has 0 N–H and O–H groups in total. The molecule has 0 atom stereocenters. The molecule has 82 valence electrons. The van der Waals surface area contributed by atoms with E-state index >= 15 is 0 Å². The van der Waals surface area contributed by atoms with Crippen molar-refractivity contribution >= 4 is 11.6 Å². The molecule has 0 aliphatic rings. The van der Waals surface area contributed by atoms with Crippen LogP contribution in [0.3, 0.4) is 0 Å². The Bertz CT molecular complexity index is 180. The van der Waals surface area contributed by atoms with Crippen molar-refractivity contribution < 1.29 is 19.1 Å². The highest BCUT2D eigenvalue weighted by Gasteiger charge is 2.30. The number of ether oxygens (including phenoxy) is 2. The van der Waals surface area contributed by atoms with Crippen LogP contribution in [0, 0.1) is 5.92 Å². The van der Waals surface area contributed by atoms with Crippen LogP contribution >= 0.6 is 0 Å². The first-order valence-corrected chi connectivity index (χ1v) is 4.78. The molecular formula is C10H18O4.